The molecule has 17 heavy (non-hydrogen) atoms. The van der Waals surface area contributed by atoms with Gasteiger partial charge in [0.25, 0.3) is 0 Å². The summed E-state index contributed by atoms with van der Waals surface area (Å²) >= 11 is 0. The monoisotopic (exact) mass is 236 g/mol. The van der Waals surface area contributed by atoms with Gasteiger partial charge in [-0.1, -0.05) is 38.5 Å². The molecule has 0 amide bonds. The SMILES string of the molecule is CCn1cc(C(O)CC2CCCCCC2)cn1. The van der Waals surface area contributed by atoms with Crippen LogP contribution in [0.15, 0.2) is 12.4 Å². The highest BCUT2D eigenvalue weighted by molar-refractivity contribution is 5.07. The lowest BCUT2D eigenvalue weighted by Gasteiger charge is -2.17. The van der Waals surface area contributed by atoms with E-state index in [0.717, 1.165) is 18.5 Å². The highest BCUT2D eigenvalue weighted by Gasteiger charge is 2.18. The van der Waals surface area contributed by atoms with Crippen LogP contribution in [0.2, 0.25) is 0 Å². The first-order chi connectivity index (χ1) is 8.29. The van der Waals surface area contributed by atoms with Crippen molar-refractivity contribution in [2.45, 2.75) is 64.5 Å². The predicted molar refractivity (Wildman–Crippen MR) is 68.7 cm³/mol. The number of hydrogen-bond acceptors (Lipinski definition) is 2. The first-order valence-electron chi connectivity index (χ1n) is 7.00. The van der Waals surface area contributed by atoms with Crippen LogP contribution in [-0.4, -0.2) is 14.9 Å². The van der Waals surface area contributed by atoms with Crippen molar-refractivity contribution in [1.29, 1.82) is 0 Å². The molecular formula is C14H24N2O. The third kappa shape index (κ3) is 3.56. The summed E-state index contributed by atoms with van der Waals surface area (Å²) in [5.74, 6) is 0.706. The molecule has 0 bridgehead atoms. The lowest BCUT2D eigenvalue weighted by Crippen LogP contribution is -2.06. The summed E-state index contributed by atoms with van der Waals surface area (Å²) < 4.78 is 1.88. The van der Waals surface area contributed by atoms with Gasteiger partial charge < -0.3 is 5.11 Å². The number of hydrogen-bond donors (Lipinski definition) is 1. The summed E-state index contributed by atoms with van der Waals surface area (Å²) in [6.07, 6.45) is 12.4. The van der Waals surface area contributed by atoms with Crippen molar-refractivity contribution in [2.24, 2.45) is 5.92 Å². The minimum atomic E-state index is -0.321. The van der Waals surface area contributed by atoms with E-state index in [-0.39, 0.29) is 6.10 Å². The summed E-state index contributed by atoms with van der Waals surface area (Å²) in [7, 11) is 0. The zero-order valence-electron chi connectivity index (χ0n) is 10.8. The van der Waals surface area contributed by atoms with Crippen LogP contribution in [-0.2, 0) is 6.54 Å². The third-order valence-corrected chi connectivity index (χ3v) is 3.89. The Morgan fingerprint density at radius 1 is 1.35 bits per heavy atom. The molecule has 0 aromatic carbocycles. The fraction of sp³-hybridized carbons (Fsp3) is 0.786. The Morgan fingerprint density at radius 2 is 2.06 bits per heavy atom. The van der Waals surface area contributed by atoms with Gasteiger partial charge in [-0.15, -0.1) is 0 Å². The lowest BCUT2D eigenvalue weighted by atomic mass is 9.92. The molecule has 0 spiro atoms. The highest BCUT2D eigenvalue weighted by atomic mass is 16.3. The topological polar surface area (TPSA) is 38.0 Å². The second-order valence-corrected chi connectivity index (χ2v) is 5.24. The summed E-state index contributed by atoms with van der Waals surface area (Å²) in [5, 5.41) is 14.4. The van der Waals surface area contributed by atoms with Crippen LogP contribution in [0.4, 0.5) is 0 Å². The van der Waals surface area contributed by atoms with Gasteiger partial charge in [-0.3, -0.25) is 4.68 Å². The number of aliphatic hydroxyl groups is 1. The molecule has 3 nitrogen and oxygen atoms in total. The van der Waals surface area contributed by atoms with E-state index >= 15 is 0 Å². The van der Waals surface area contributed by atoms with E-state index in [0.29, 0.717) is 5.92 Å². The maximum atomic E-state index is 10.2. The van der Waals surface area contributed by atoms with E-state index in [1.54, 1.807) is 0 Å². The molecule has 3 heteroatoms. The van der Waals surface area contributed by atoms with E-state index in [1.807, 2.05) is 17.1 Å². The number of aromatic nitrogens is 2. The van der Waals surface area contributed by atoms with Crippen molar-refractivity contribution < 1.29 is 5.11 Å². The molecule has 0 radical (unpaired) electrons. The Balaban J connectivity index is 1.88. The van der Waals surface area contributed by atoms with Crippen molar-refractivity contribution in [1.82, 2.24) is 9.78 Å². The quantitative estimate of drug-likeness (QED) is 0.815. The molecule has 0 saturated heterocycles. The smallest absolute Gasteiger partial charge is 0.0823 e. The Kier molecular flexibility index (Phi) is 4.60. The van der Waals surface area contributed by atoms with E-state index in [1.165, 1.54) is 38.5 Å². The Hall–Kier alpha value is -0.830. The summed E-state index contributed by atoms with van der Waals surface area (Å²) in [5.41, 5.74) is 0.982. The molecule has 1 N–H and O–H groups in total. The summed E-state index contributed by atoms with van der Waals surface area (Å²) in [4.78, 5) is 0. The van der Waals surface area contributed by atoms with Crippen LogP contribution < -0.4 is 0 Å². The zero-order valence-corrected chi connectivity index (χ0v) is 10.8. The maximum absolute atomic E-state index is 10.2. The molecule has 1 aromatic rings. The summed E-state index contributed by atoms with van der Waals surface area (Å²) in [6.45, 7) is 2.94. The van der Waals surface area contributed by atoms with Crippen LogP contribution in [0.1, 0.15) is 63.5 Å². The van der Waals surface area contributed by atoms with Crippen LogP contribution in [0.3, 0.4) is 0 Å². The second-order valence-electron chi connectivity index (χ2n) is 5.24. The van der Waals surface area contributed by atoms with E-state index in [2.05, 4.69) is 12.0 Å². The predicted octanol–water partition coefficient (Wildman–Crippen LogP) is 3.30. The average Bonchev–Trinajstić information content (AvgIpc) is 2.68. The number of aryl methyl sites for hydroxylation is 1. The highest BCUT2D eigenvalue weighted by Crippen LogP contribution is 2.30. The van der Waals surface area contributed by atoms with Crippen LogP contribution in [0, 0.1) is 5.92 Å². The van der Waals surface area contributed by atoms with Crippen molar-refractivity contribution in [3.05, 3.63) is 18.0 Å². The molecule has 1 heterocycles. The molecular weight excluding hydrogens is 212 g/mol. The molecule has 1 aromatic heterocycles. The minimum Gasteiger partial charge on any atom is -0.388 e. The van der Waals surface area contributed by atoms with Crippen molar-refractivity contribution in [3.8, 4) is 0 Å². The standard InChI is InChI=1S/C14H24N2O/c1-2-16-11-13(10-15-16)14(17)9-12-7-5-3-4-6-8-12/h10-12,14,17H,2-9H2,1H3. The Bertz CT molecular complexity index is 327. The fourth-order valence-electron chi connectivity index (χ4n) is 2.78. The van der Waals surface area contributed by atoms with Crippen LogP contribution >= 0.6 is 0 Å². The fourth-order valence-corrected chi connectivity index (χ4v) is 2.78. The van der Waals surface area contributed by atoms with Gasteiger partial charge >= 0.3 is 0 Å². The molecule has 96 valence electrons. The van der Waals surface area contributed by atoms with Gasteiger partial charge in [-0.25, -0.2) is 0 Å². The normalized spacial score (nSPS) is 20.1. The van der Waals surface area contributed by atoms with Gasteiger partial charge in [0.2, 0.25) is 0 Å². The van der Waals surface area contributed by atoms with Crippen LogP contribution in [0.5, 0.6) is 0 Å². The van der Waals surface area contributed by atoms with Crippen LogP contribution in [0.25, 0.3) is 0 Å². The van der Waals surface area contributed by atoms with Gasteiger partial charge in [-0.05, 0) is 19.3 Å². The number of aliphatic hydroxyl groups excluding tert-OH is 1. The van der Waals surface area contributed by atoms with Crippen molar-refractivity contribution >= 4 is 0 Å². The average molecular weight is 236 g/mol. The summed E-state index contributed by atoms with van der Waals surface area (Å²) in [6, 6.07) is 0. The largest absolute Gasteiger partial charge is 0.388 e. The van der Waals surface area contributed by atoms with Gasteiger partial charge in [0, 0.05) is 18.3 Å². The van der Waals surface area contributed by atoms with Crippen molar-refractivity contribution in [2.75, 3.05) is 0 Å². The molecule has 1 unspecified atom stereocenters. The zero-order chi connectivity index (χ0) is 12.1. The first kappa shape index (κ1) is 12.6. The minimum absolute atomic E-state index is 0.321. The molecule has 1 atom stereocenters. The number of rotatable bonds is 4. The number of nitrogens with zero attached hydrogens (tertiary/aromatic N) is 2. The molecule has 2 rings (SSSR count). The molecule has 1 aliphatic carbocycles. The van der Waals surface area contributed by atoms with E-state index in [9.17, 15) is 5.11 Å². The molecule has 1 saturated carbocycles. The molecule has 1 aliphatic rings. The molecule has 1 fully saturated rings. The third-order valence-electron chi connectivity index (χ3n) is 3.89. The van der Waals surface area contributed by atoms with Crippen molar-refractivity contribution in [3.63, 3.8) is 0 Å². The van der Waals surface area contributed by atoms with Gasteiger partial charge in [0.05, 0.1) is 12.3 Å². The second kappa shape index (κ2) is 6.20. The van der Waals surface area contributed by atoms with E-state index in [4.69, 9.17) is 0 Å². The Labute approximate surface area is 104 Å². The van der Waals surface area contributed by atoms with Gasteiger partial charge in [0.1, 0.15) is 0 Å². The van der Waals surface area contributed by atoms with Gasteiger partial charge in [-0.2, -0.15) is 5.10 Å². The molecule has 0 aliphatic heterocycles. The van der Waals surface area contributed by atoms with E-state index < -0.39 is 0 Å². The lowest BCUT2D eigenvalue weighted by molar-refractivity contribution is 0.139. The van der Waals surface area contributed by atoms with Gasteiger partial charge in [0.15, 0.2) is 0 Å². The maximum Gasteiger partial charge on any atom is 0.0823 e. The Morgan fingerprint density at radius 3 is 2.65 bits per heavy atom. The first-order valence-corrected chi connectivity index (χ1v) is 7.00.